The minimum Gasteiger partial charge on any atom is -0.454 e. The summed E-state index contributed by atoms with van der Waals surface area (Å²) >= 11 is 0. The third-order valence-corrected chi connectivity index (χ3v) is 4.61. The average molecular weight is 413 g/mol. The first-order chi connectivity index (χ1) is 14.6. The maximum absolute atomic E-state index is 11.9. The van der Waals surface area contributed by atoms with E-state index in [1.807, 2.05) is 22.8 Å². The lowest BCUT2D eigenvalue weighted by molar-refractivity contribution is 0.143. The highest BCUT2D eigenvalue weighted by molar-refractivity contribution is 5.82. The molecule has 1 aliphatic heterocycles. The molecule has 0 radical (unpaired) electrons. The summed E-state index contributed by atoms with van der Waals surface area (Å²) < 4.78 is 17.7. The molecule has 3 aromatic rings. The van der Waals surface area contributed by atoms with E-state index in [0.717, 1.165) is 12.0 Å². The summed E-state index contributed by atoms with van der Waals surface area (Å²) in [6.07, 6.45) is 2.73. The lowest BCUT2D eigenvalue weighted by atomic mass is 10.2. The molecule has 11 nitrogen and oxygen atoms in total. The Balaban J connectivity index is 1.19. The number of ether oxygens (including phenoxy) is 3. The number of amides is 1. The van der Waals surface area contributed by atoms with Crippen LogP contribution in [0.15, 0.2) is 24.5 Å². The molecular formula is C19H23N7O4. The number of nitrogens with zero attached hydrogens (tertiary/aromatic N) is 4. The predicted molar refractivity (Wildman–Crippen MR) is 109 cm³/mol. The fourth-order valence-corrected chi connectivity index (χ4v) is 3.07. The summed E-state index contributed by atoms with van der Waals surface area (Å²) in [6, 6.07) is 5.54. The summed E-state index contributed by atoms with van der Waals surface area (Å²) in [4.78, 5) is 24.7. The number of nitrogen functional groups attached to an aromatic ring is 1. The fraction of sp³-hybridized carbons (Fsp3) is 0.368. The Morgan fingerprint density at radius 2 is 2.13 bits per heavy atom. The van der Waals surface area contributed by atoms with Gasteiger partial charge in [-0.25, -0.2) is 9.78 Å². The number of fused-ring (bicyclic) bond motifs is 2. The van der Waals surface area contributed by atoms with Crippen molar-refractivity contribution in [1.29, 1.82) is 0 Å². The highest BCUT2D eigenvalue weighted by atomic mass is 16.7. The first-order valence-electron chi connectivity index (χ1n) is 9.59. The van der Waals surface area contributed by atoms with Crippen LogP contribution in [-0.4, -0.2) is 46.1 Å². The van der Waals surface area contributed by atoms with Gasteiger partial charge >= 0.3 is 6.09 Å². The number of alkyl carbamates (subject to hydrolysis) is 1. The average Bonchev–Trinajstić information content (AvgIpc) is 3.38. The normalized spacial score (nSPS) is 12.2. The number of nitrogens with one attached hydrogen (secondary N) is 2. The Morgan fingerprint density at radius 3 is 3.00 bits per heavy atom. The highest BCUT2D eigenvalue weighted by Gasteiger charge is 2.14. The van der Waals surface area contributed by atoms with Crippen molar-refractivity contribution in [2.75, 3.05) is 31.5 Å². The van der Waals surface area contributed by atoms with E-state index in [-0.39, 0.29) is 6.79 Å². The monoisotopic (exact) mass is 413 g/mol. The minimum absolute atomic E-state index is 0.222. The van der Waals surface area contributed by atoms with Crippen molar-refractivity contribution in [1.82, 2.24) is 24.8 Å². The summed E-state index contributed by atoms with van der Waals surface area (Å²) in [5.41, 5.74) is 8.07. The number of hydrogen-bond acceptors (Lipinski definition) is 9. The van der Waals surface area contributed by atoms with Crippen molar-refractivity contribution in [3.63, 3.8) is 0 Å². The number of carbonyl (C=O) groups excluding carboxylic acids is 1. The number of carbonyl (C=O) groups is 1. The van der Waals surface area contributed by atoms with E-state index in [2.05, 4.69) is 25.6 Å². The largest absolute Gasteiger partial charge is 0.454 e. The van der Waals surface area contributed by atoms with E-state index in [9.17, 15) is 4.79 Å². The molecule has 158 valence electrons. The second-order valence-corrected chi connectivity index (χ2v) is 6.68. The summed E-state index contributed by atoms with van der Waals surface area (Å²) in [6.45, 7) is 1.57. The first kappa shape index (κ1) is 19.6. The zero-order chi connectivity index (χ0) is 20.9. The van der Waals surface area contributed by atoms with Gasteiger partial charge in [-0.1, -0.05) is 6.07 Å². The molecule has 2 aromatic heterocycles. The van der Waals surface area contributed by atoms with E-state index in [0.29, 0.717) is 60.5 Å². The predicted octanol–water partition coefficient (Wildman–Crippen LogP) is 1.89. The van der Waals surface area contributed by atoms with Crippen molar-refractivity contribution in [3.8, 4) is 11.5 Å². The maximum atomic E-state index is 11.9. The van der Waals surface area contributed by atoms with E-state index in [4.69, 9.17) is 19.9 Å². The van der Waals surface area contributed by atoms with Crippen LogP contribution in [0.1, 0.15) is 18.4 Å². The molecule has 0 spiro atoms. The Labute approximate surface area is 172 Å². The number of aryl methyl sites for hydroxylation is 1. The van der Waals surface area contributed by atoms with Gasteiger partial charge in [0.05, 0.1) is 12.9 Å². The molecule has 1 amide bonds. The molecule has 0 bridgehead atoms. The molecule has 0 unspecified atom stereocenters. The number of hydrogen-bond donors (Lipinski definition) is 3. The number of benzene rings is 1. The Hall–Kier alpha value is -3.76. The molecule has 4 N–H and O–H groups in total. The van der Waals surface area contributed by atoms with Crippen molar-refractivity contribution < 1.29 is 19.0 Å². The quantitative estimate of drug-likeness (QED) is 0.472. The van der Waals surface area contributed by atoms with Crippen LogP contribution in [-0.2, 0) is 17.8 Å². The molecule has 11 heteroatoms. The Kier molecular flexibility index (Phi) is 5.68. The fourth-order valence-electron chi connectivity index (χ4n) is 3.07. The third kappa shape index (κ3) is 4.29. The lowest BCUT2D eigenvalue weighted by Crippen LogP contribution is -2.24. The molecule has 1 aliphatic rings. The number of imidazole rings is 1. The molecular weight excluding hydrogens is 390 g/mol. The van der Waals surface area contributed by atoms with Crippen molar-refractivity contribution in [2.45, 2.75) is 25.9 Å². The van der Waals surface area contributed by atoms with E-state index in [1.165, 1.54) is 0 Å². The van der Waals surface area contributed by atoms with Gasteiger partial charge in [0, 0.05) is 20.1 Å². The van der Waals surface area contributed by atoms with Gasteiger partial charge in [-0.2, -0.15) is 9.97 Å². The Morgan fingerprint density at radius 1 is 1.27 bits per heavy atom. The number of anilines is 2. The van der Waals surface area contributed by atoms with Crippen LogP contribution < -0.4 is 25.8 Å². The minimum atomic E-state index is -0.458. The van der Waals surface area contributed by atoms with Crippen molar-refractivity contribution in [3.05, 3.63) is 30.1 Å². The van der Waals surface area contributed by atoms with Crippen LogP contribution in [0.3, 0.4) is 0 Å². The highest BCUT2D eigenvalue weighted by Crippen LogP contribution is 2.32. The summed E-state index contributed by atoms with van der Waals surface area (Å²) in [7, 11) is 1.73. The van der Waals surface area contributed by atoms with Crippen LogP contribution in [0, 0.1) is 0 Å². The number of unbranched alkanes of at least 4 members (excludes halogenated alkanes) is 1. The van der Waals surface area contributed by atoms with Gasteiger partial charge in [0.15, 0.2) is 23.0 Å². The molecule has 4 rings (SSSR count). The van der Waals surface area contributed by atoms with Gasteiger partial charge < -0.3 is 35.1 Å². The molecule has 0 fully saturated rings. The van der Waals surface area contributed by atoms with E-state index < -0.39 is 6.09 Å². The smallest absolute Gasteiger partial charge is 0.407 e. The van der Waals surface area contributed by atoms with Crippen LogP contribution >= 0.6 is 0 Å². The summed E-state index contributed by atoms with van der Waals surface area (Å²) in [5.74, 6) is 2.18. The Bertz CT molecular complexity index is 1050. The van der Waals surface area contributed by atoms with Crippen LogP contribution in [0.2, 0.25) is 0 Å². The first-order valence-corrected chi connectivity index (χ1v) is 9.59. The molecule has 0 saturated heterocycles. The second-order valence-electron chi connectivity index (χ2n) is 6.68. The lowest BCUT2D eigenvalue weighted by Gasteiger charge is -2.08. The van der Waals surface area contributed by atoms with Gasteiger partial charge in [-0.05, 0) is 30.5 Å². The van der Waals surface area contributed by atoms with E-state index in [1.54, 1.807) is 13.4 Å². The van der Waals surface area contributed by atoms with Gasteiger partial charge in [0.25, 0.3) is 0 Å². The summed E-state index contributed by atoms with van der Waals surface area (Å²) in [5, 5.41) is 5.61. The standard InChI is InChI=1S/C19H23N7O4/c1-21-18-24-16(20)15-17(25-18)26(10-23-15)6-2-3-7-28-19(27)22-9-12-4-5-13-14(8-12)30-11-29-13/h4-5,8,10H,2-3,6-7,9,11H2,1H3,(H,22,27)(H3,20,21,24,25). The molecule has 1 aromatic carbocycles. The molecule has 3 heterocycles. The molecule has 0 aliphatic carbocycles. The second kappa shape index (κ2) is 8.72. The van der Waals surface area contributed by atoms with Crippen molar-refractivity contribution in [2.24, 2.45) is 0 Å². The van der Waals surface area contributed by atoms with Crippen LogP contribution in [0.25, 0.3) is 11.2 Å². The van der Waals surface area contributed by atoms with Gasteiger partial charge in [0.1, 0.15) is 5.52 Å². The molecule has 30 heavy (non-hydrogen) atoms. The zero-order valence-electron chi connectivity index (χ0n) is 16.6. The SMILES string of the molecule is CNc1nc(N)c2ncn(CCCCOC(=O)NCc3ccc4c(c3)OCO4)c2n1. The third-order valence-electron chi connectivity index (χ3n) is 4.61. The van der Waals surface area contributed by atoms with Crippen molar-refractivity contribution >= 4 is 29.0 Å². The number of rotatable bonds is 8. The molecule has 0 atom stereocenters. The number of aromatic nitrogens is 4. The maximum Gasteiger partial charge on any atom is 0.407 e. The number of nitrogens with two attached hydrogens (primary N) is 1. The van der Waals surface area contributed by atoms with Crippen LogP contribution in [0.5, 0.6) is 11.5 Å². The topological polar surface area (TPSA) is 138 Å². The van der Waals surface area contributed by atoms with Gasteiger partial charge in [-0.3, -0.25) is 0 Å². The zero-order valence-corrected chi connectivity index (χ0v) is 16.6. The van der Waals surface area contributed by atoms with Crippen LogP contribution in [0.4, 0.5) is 16.6 Å². The van der Waals surface area contributed by atoms with Gasteiger partial charge in [0.2, 0.25) is 12.7 Å². The molecule has 0 saturated carbocycles. The van der Waals surface area contributed by atoms with Gasteiger partial charge in [-0.15, -0.1) is 0 Å². The van der Waals surface area contributed by atoms with E-state index >= 15 is 0 Å².